The van der Waals surface area contributed by atoms with Crippen molar-refractivity contribution in [2.45, 2.75) is 65.3 Å². The molecule has 23 heavy (non-hydrogen) atoms. The Morgan fingerprint density at radius 2 is 1.70 bits per heavy atom. The summed E-state index contributed by atoms with van der Waals surface area (Å²) >= 11 is 0. The fourth-order valence-corrected chi connectivity index (χ4v) is 3.44. The lowest BCUT2D eigenvalue weighted by atomic mass is 9.85. The average Bonchev–Trinajstić information content (AvgIpc) is 2.60. The van der Waals surface area contributed by atoms with Crippen molar-refractivity contribution in [3.63, 3.8) is 0 Å². The third-order valence-corrected chi connectivity index (χ3v) is 4.59. The monoisotopic (exact) mass is 320 g/mol. The molecule has 0 unspecified atom stereocenters. The van der Waals surface area contributed by atoms with E-state index in [1.807, 2.05) is 32.0 Å². The number of fused-ring (bicyclic) bond motifs is 1. The summed E-state index contributed by atoms with van der Waals surface area (Å²) in [6.07, 6.45) is 6.20. The molecule has 1 saturated carbocycles. The number of nitrogens with zero attached hydrogens (tertiary/aromatic N) is 1. The molecule has 0 bridgehead atoms. The van der Waals surface area contributed by atoms with Crippen LogP contribution in [0.15, 0.2) is 18.2 Å². The zero-order valence-electron chi connectivity index (χ0n) is 15.0. The molecule has 4 nitrogen and oxygen atoms in total. The Bertz CT molecular complexity index is 494. The number of benzene rings is 1. The van der Waals surface area contributed by atoms with Crippen LogP contribution in [0.4, 0.5) is 11.4 Å². The van der Waals surface area contributed by atoms with Crippen LogP contribution in [0.1, 0.15) is 58.4 Å². The van der Waals surface area contributed by atoms with Crippen molar-refractivity contribution in [3.8, 4) is 0 Å². The van der Waals surface area contributed by atoms with E-state index in [-0.39, 0.29) is 5.91 Å². The number of hydrogen-bond acceptors (Lipinski definition) is 3. The number of amides is 1. The Hall–Kier alpha value is -1.55. The Labute approximate surface area is 140 Å². The van der Waals surface area contributed by atoms with Crippen molar-refractivity contribution >= 4 is 17.3 Å². The molecule has 3 N–H and O–H groups in total. The summed E-state index contributed by atoms with van der Waals surface area (Å²) in [7, 11) is 1.00. The number of carbonyl (C=O) groups is 1. The van der Waals surface area contributed by atoms with Crippen LogP contribution in [0.25, 0.3) is 0 Å². The molecule has 1 amide bonds. The Morgan fingerprint density at radius 1 is 1.09 bits per heavy atom. The van der Waals surface area contributed by atoms with Gasteiger partial charge in [0.2, 0.25) is 5.91 Å². The summed E-state index contributed by atoms with van der Waals surface area (Å²) in [5, 5.41) is 7.00. The van der Waals surface area contributed by atoms with Crippen molar-refractivity contribution in [1.29, 1.82) is 0 Å². The van der Waals surface area contributed by atoms with Gasteiger partial charge < -0.3 is 15.7 Å². The minimum absolute atomic E-state index is 0.289. The van der Waals surface area contributed by atoms with Crippen LogP contribution in [0.5, 0.6) is 0 Å². The lowest BCUT2D eigenvalue weighted by Gasteiger charge is -2.39. The summed E-state index contributed by atoms with van der Waals surface area (Å²) < 4.78 is 0. The van der Waals surface area contributed by atoms with Gasteiger partial charge in [0.1, 0.15) is 0 Å². The van der Waals surface area contributed by atoms with Gasteiger partial charge in [0, 0.05) is 30.9 Å². The first-order valence-electron chi connectivity index (χ1n) is 8.80. The number of anilines is 2. The molecule has 1 aromatic rings. The van der Waals surface area contributed by atoms with Crippen molar-refractivity contribution in [3.05, 3.63) is 23.8 Å². The number of carbonyl (C=O) groups excluding carboxylic acids is 1. The molecule has 130 valence electrons. The molecular weight excluding hydrogens is 288 g/mol. The van der Waals surface area contributed by atoms with E-state index in [9.17, 15) is 4.79 Å². The van der Waals surface area contributed by atoms with Gasteiger partial charge in [-0.25, -0.2) is 0 Å². The van der Waals surface area contributed by atoms with Crippen LogP contribution in [0.3, 0.4) is 0 Å². The molecule has 1 aliphatic heterocycles. The highest BCUT2D eigenvalue weighted by atomic mass is 16.2. The van der Waals surface area contributed by atoms with Gasteiger partial charge >= 0.3 is 0 Å². The van der Waals surface area contributed by atoms with E-state index in [1.165, 1.54) is 18.4 Å². The topological polar surface area (TPSA) is 66.6 Å². The van der Waals surface area contributed by atoms with Crippen molar-refractivity contribution < 1.29 is 9.90 Å². The van der Waals surface area contributed by atoms with Gasteiger partial charge in [0.05, 0.1) is 0 Å². The van der Waals surface area contributed by atoms with Gasteiger partial charge in [-0.15, -0.1) is 0 Å². The van der Waals surface area contributed by atoms with Crippen LogP contribution in [-0.2, 0) is 11.2 Å². The third kappa shape index (κ3) is 4.71. The summed E-state index contributed by atoms with van der Waals surface area (Å²) in [4.78, 5) is 14.4. The Kier molecular flexibility index (Phi) is 8.10. The molecular formula is C19H32N2O2. The van der Waals surface area contributed by atoms with E-state index in [4.69, 9.17) is 10.8 Å². The maximum Gasteiger partial charge on any atom is 0.227 e. The van der Waals surface area contributed by atoms with E-state index < -0.39 is 0 Å². The number of aryl methyl sites for hydroxylation is 1. The molecule has 1 fully saturated rings. The fourth-order valence-electron chi connectivity index (χ4n) is 3.44. The SMILES string of the molecule is CC.CC1CCC(N2C(=O)CCc3cc(N)ccc32)CC1.CO. The largest absolute Gasteiger partial charge is 0.400 e. The molecule has 0 aromatic heterocycles. The van der Waals surface area contributed by atoms with Crippen molar-refractivity contribution in [1.82, 2.24) is 0 Å². The smallest absolute Gasteiger partial charge is 0.227 e. The van der Waals surface area contributed by atoms with Gasteiger partial charge in [0.15, 0.2) is 0 Å². The van der Waals surface area contributed by atoms with E-state index in [0.29, 0.717) is 12.5 Å². The van der Waals surface area contributed by atoms with Crippen LogP contribution in [-0.4, -0.2) is 24.2 Å². The number of nitrogens with two attached hydrogens (primary N) is 1. The maximum absolute atomic E-state index is 12.3. The van der Waals surface area contributed by atoms with E-state index in [1.54, 1.807) is 0 Å². The first-order valence-corrected chi connectivity index (χ1v) is 8.80. The quantitative estimate of drug-likeness (QED) is 0.774. The summed E-state index contributed by atoms with van der Waals surface area (Å²) in [6.45, 7) is 6.31. The number of rotatable bonds is 1. The minimum Gasteiger partial charge on any atom is -0.400 e. The normalized spacial score (nSPS) is 23.0. The van der Waals surface area contributed by atoms with Gasteiger partial charge in [-0.3, -0.25) is 4.79 Å². The van der Waals surface area contributed by atoms with Crippen molar-refractivity contribution in [2.24, 2.45) is 5.92 Å². The first kappa shape index (κ1) is 19.5. The second-order valence-electron chi connectivity index (χ2n) is 6.07. The Morgan fingerprint density at radius 3 is 2.30 bits per heavy atom. The third-order valence-electron chi connectivity index (χ3n) is 4.59. The summed E-state index contributed by atoms with van der Waals surface area (Å²) in [5.74, 6) is 1.10. The molecule has 3 rings (SSSR count). The average molecular weight is 320 g/mol. The van der Waals surface area contributed by atoms with E-state index in [0.717, 1.165) is 43.7 Å². The zero-order valence-corrected chi connectivity index (χ0v) is 15.0. The van der Waals surface area contributed by atoms with Crippen LogP contribution in [0, 0.1) is 5.92 Å². The standard InChI is InChI=1S/C16H22N2O.C2H6.CH4O/c1-11-2-6-14(7-3-11)18-15-8-5-13(17)10-12(15)4-9-16(18)19;2*1-2/h5,8,10-11,14H,2-4,6-7,9,17H2,1H3;1-2H3;2H,1H3. The summed E-state index contributed by atoms with van der Waals surface area (Å²) in [6, 6.07) is 6.36. The van der Waals surface area contributed by atoms with Crippen LogP contribution < -0.4 is 10.6 Å². The molecule has 4 heteroatoms. The predicted molar refractivity (Wildman–Crippen MR) is 97.6 cm³/mol. The lowest BCUT2D eigenvalue weighted by molar-refractivity contribution is -0.119. The number of hydrogen-bond donors (Lipinski definition) is 2. The maximum atomic E-state index is 12.3. The second kappa shape index (κ2) is 9.56. The van der Waals surface area contributed by atoms with Gasteiger partial charge in [-0.05, 0) is 61.8 Å². The highest BCUT2D eigenvalue weighted by Crippen LogP contribution is 2.36. The molecule has 0 spiro atoms. The predicted octanol–water partition coefficient (Wildman–Crippen LogP) is 3.76. The first-order chi connectivity index (χ1) is 11.1. The summed E-state index contributed by atoms with van der Waals surface area (Å²) in [5.41, 5.74) is 8.99. The number of nitrogen functional groups attached to an aromatic ring is 1. The lowest BCUT2D eigenvalue weighted by Crippen LogP contribution is -2.44. The molecule has 0 atom stereocenters. The van der Waals surface area contributed by atoms with Gasteiger partial charge in [-0.2, -0.15) is 0 Å². The zero-order chi connectivity index (χ0) is 17.4. The second-order valence-corrected chi connectivity index (χ2v) is 6.07. The molecule has 1 heterocycles. The highest BCUT2D eigenvalue weighted by Gasteiger charge is 2.32. The molecule has 0 saturated heterocycles. The van der Waals surface area contributed by atoms with E-state index >= 15 is 0 Å². The van der Waals surface area contributed by atoms with Gasteiger partial charge in [-0.1, -0.05) is 20.8 Å². The minimum atomic E-state index is 0.289. The molecule has 0 radical (unpaired) electrons. The van der Waals surface area contributed by atoms with E-state index in [2.05, 4.69) is 11.8 Å². The van der Waals surface area contributed by atoms with Gasteiger partial charge in [0.25, 0.3) is 0 Å². The number of aliphatic hydroxyl groups is 1. The Balaban J connectivity index is 0.000000615. The molecule has 1 aliphatic carbocycles. The fraction of sp³-hybridized carbons (Fsp3) is 0.632. The van der Waals surface area contributed by atoms with Crippen LogP contribution in [0.2, 0.25) is 0 Å². The highest BCUT2D eigenvalue weighted by molar-refractivity contribution is 5.97. The molecule has 1 aromatic carbocycles. The van der Waals surface area contributed by atoms with Crippen molar-refractivity contribution in [2.75, 3.05) is 17.7 Å². The van der Waals surface area contributed by atoms with Crippen LogP contribution >= 0.6 is 0 Å². The number of aliphatic hydroxyl groups excluding tert-OH is 1. The molecule has 2 aliphatic rings.